The highest BCUT2D eigenvalue weighted by Gasteiger charge is 2.12. The summed E-state index contributed by atoms with van der Waals surface area (Å²) in [5.74, 6) is 0.702. The third-order valence-corrected chi connectivity index (χ3v) is 4.65. The lowest BCUT2D eigenvalue weighted by Gasteiger charge is -2.15. The molecule has 118 valence electrons. The zero-order chi connectivity index (χ0) is 16.4. The smallest absolute Gasteiger partial charge is 0.0744 e. The van der Waals surface area contributed by atoms with Gasteiger partial charge in [-0.05, 0) is 61.4 Å². The van der Waals surface area contributed by atoms with Crippen LogP contribution in [0.5, 0.6) is 0 Å². The molecule has 0 amide bonds. The molecule has 0 saturated heterocycles. The van der Waals surface area contributed by atoms with Gasteiger partial charge in [-0.15, -0.1) is 0 Å². The SMILES string of the molecule is Cc1cccc(-c2nc3ccccc3cc2CCC(C)C)c1C. The predicted octanol–water partition coefficient (Wildman–Crippen LogP) is 6.11. The van der Waals surface area contributed by atoms with Crippen LogP contribution in [-0.4, -0.2) is 4.98 Å². The quantitative estimate of drug-likeness (QED) is 0.567. The van der Waals surface area contributed by atoms with Gasteiger partial charge in [0.05, 0.1) is 11.2 Å². The molecule has 0 aliphatic rings. The van der Waals surface area contributed by atoms with Gasteiger partial charge in [0, 0.05) is 10.9 Å². The highest BCUT2D eigenvalue weighted by atomic mass is 14.7. The van der Waals surface area contributed by atoms with Crippen LogP contribution in [0.1, 0.15) is 37.0 Å². The number of aromatic nitrogens is 1. The molecule has 3 rings (SSSR count). The minimum absolute atomic E-state index is 0.702. The Bertz CT molecular complexity index is 830. The summed E-state index contributed by atoms with van der Waals surface area (Å²) in [4.78, 5) is 5.03. The Morgan fingerprint density at radius 1 is 0.957 bits per heavy atom. The van der Waals surface area contributed by atoms with E-state index >= 15 is 0 Å². The molecule has 1 nitrogen and oxygen atoms in total. The zero-order valence-corrected chi connectivity index (χ0v) is 14.6. The number of pyridine rings is 1. The maximum atomic E-state index is 5.03. The molecule has 23 heavy (non-hydrogen) atoms. The van der Waals surface area contributed by atoms with Crippen LogP contribution < -0.4 is 0 Å². The van der Waals surface area contributed by atoms with Crippen molar-refractivity contribution in [3.8, 4) is 11.3 Å². The van der Waals surface area contributed by atoms with E-state index in [-0.39, 0.29) is 0 Å². The van der Waals surface area contributed by atoms with Crippen LogP contribution in [0, 0.1) is 19.8 Å². The molecule has 0 spiro atoms. The molecule has 1 aromatic heterocycles. The van der Waals surface area contributed by atoms with Crippen molar-refractivity contribution >= 4 is 10.9 Å². The van der Waals surface area contributed by atoms with Crippen molar-refractivity contribution in [2.24, 2.45) is 5.92 Å². The maximum absolute atomic E-state index is 5.03. The zero-order valence-electron chi connectivity index (χ0n) is 14.6. The van der Waals surface area contributed by atoms with Crippen LogP contribution in [-0.2, 0) is 6.42 Å². The molecule has 0 unspecified atom stereocenters. The molecule has 0 atom stereocenters. The third-order valence-electron chi connectivity index (χ3n) is 4.65. The monoisotopic (exact) mass is 303 g/mol. The second kappa shape index (κ2) is 6.54. The van der Waals surface area contributed by atoms with E-state index in [4.69, 9.17) is 4.98 Å². The fourth-order valence-electron chi connectivity index (χ4n) is 3.04. The molecule has 1 heterocycles. The summed E-state index contributed by atoms with van der Waals surface area (Å²) in [6, 6.07) is 17.3. The number of rotatable bonds is 4. The molecule has 0 aliphatic carbocycles. The first kappa shape index (κ1) is 15.7. The fraction of sp³-hybridized carbons (Fsp3) is 0.318. The van der Waals surface area contributed by atoms with Gasteiger partial charge < -0.3 is 0 Å². The van der Waals surface area contributed by atoms with Gasteiger partial charge in [0.25, 0.3) is 0 Å². The second-order valence-electron chi connectivity index (χ2n) is 6.87. The molecule has 2 aromatic carbocycles. The van der Waals surface area contributed by atoms with E-state index in [9.17, 15) is 0 Å². The van der Waals surface area contributed by atoms with Crippen molar-refractivity contribution in [3.05, 3.63) is 65.2 Å². The number of benzene rings is 2. The van der Waals surface area contributed by atoms with E-state index in [1.165, 1.54) is 34.1 Å². The summed E-state index contributed by atoms with van der Waals surface area (Å²) < 4.78 is 0. The average Bonchev–Trinajstić information content (AvgIpc) is 2.54. The van der Waals surface area contributed by atoms with E-state index in [1.807, 2.05) is 0 Å². The number of aryl methyl sites for hydroxylation is 2. The molecule has 0 aliphatic heterocycles. The van der Waals surface area contributed by atoms with Crippen molar-refractivity contribution < 1.29 is 0 Å². The van der Waals surface area contributed by atoms with Gasteiger partial charge in [0.1, 0.15) is 0 Å². The molecule has 0 radical (unpaired) electrons. The number of para-hydroxylation sites is 1. The number of hydrogen-bond donors (Lipinski definition) is 0. The van der Waals surface area contributed by atoms with Crippen LogP contribution in [0.25, 0.3) is 22.2 Å². The lowest BCUT2D eigenvalue weighted by Crippen LogP contribution is -1.99. The van der Waals surface area contributed by atoms with Gasteiger partial charge in [0.2, 0.25) is 0 Å². The van der Waals surface area contributed by atoms with Crippen LogP contribution in [0.15, 0.2) is 48.5 Å². The highest BCUT2D eigenvalue weighted by Crippen LogP contribution is 2.30. The molecular weight excluding hydrogens is 278 g/mol. The fourth-order valence-corrected chi connectivity index (χ4v) is 3.04. The van der Waals surface area contributed by atoms with Gasteiger partial charge in [0.15, 0.2) is 0 Å². The number of fused-ring (bicyclic) bond motifs is 1. The van der Waals surface area contributed by atoms with E-state index in [0.717, 1.165) is 17.6 Å². The lowest BCUT2D eigenvalue weighted by atomic mass is 9.93. The van der Waals surface area contributed by atoms with E-state index < -0.39 is 0 Å². The summed E-state index contributed by atoms with van der Waals surface area (Å²) >= 11 is 0. The average molecular weight is 303 g/mol. The van der Waals surface area contributed by atoms with Gasteiger partial charge in [-0.25, -0.2) is 4.98 Å². The Morgan fingerprint density at radius 2 is 1.74 bits per heavy atom. The third kappa shape index (κ3) is 3.29. The van der Waals surface area contributed by atoms with Crippen molar-refractivity contribution in [3.63, 3.8) is 0 Å². The maximum Gasteiger partial charge on any atom is 0.0744 e. The second-order valence-corrected chi connectivity index (χ2v) is 6.87. The Labute approximate surface area is 139 Å². The van der Waals surface area contributed by atoms with Crippen molar-refractivity contribution in [2.45, 2.75) is 40.5 Å². The summed E-state index contributed by atoms with van der Waals surface area (Å²) in [7, 11) is 0. The molecule has 3 aromatic rings. The minimum Gasteiger partial charge on any atom is -0.247 e. The van der Waals surface area contributed by atoms with E-state index in [0.29, 0.717) is 5.92 Å². The molecule has 0 fully saturated rings. The van der Waals surface area contributed by atoms with Gasteiger partial charge in [-0.3, -0.25) is 0 Å². The van der Waals surface area contributed by atoms with Crippen LogP contribution >= 0.6 is 0 Å². The Balaban J connectivity index is 2.19. The topological polar surface area (TPSA) is 12.9 Å². The first-order chi connectivity index (χ1) is 11.1. The van der Waals surface area contributed by atoms with Crippen LogP contribution in [0.3, 0.4) is 0 Å². The largest absolute Gasteiger partial charge is 0.247 e. The number of nitrogens with zero attached hydrogens (tertiary/aromatic N) is 1. The molecular formula is C22H25N. The molecule has 0 saturated carbocycles. The van der Waals surface area contributed by atoms with Crippen LogP contribution in [0.4, 0.5) is 0 Å². The van der Waals surface area contributed by atoms with E-state index in [2.05, 4.69) is 76.2 Å². The molecule has 0 bridgehead atoms. The van der Waals surface area contributed by atoms with Gasteiger partial charge >= 0.3 is 0 Å². The minimum atomic E-state index is 0.702. The first-order valence-corrected chi connectivity index (χ1v) is 8.51. The molecule has 0 N–H and O–H groups in total. The standard InChI is InChI=1S/C22H25N/c1-15(2)12-13-19-14-18-9-5-6-11-21(18)23-22(19)20-10-7-8-16(3)17(20)4/h5-11,14-15H,12-13H2,1-4H3. The van der Waals surface area contributed by atoms with Crippen LogP contribution in [0.2, 0.25) is 0 Å². The number of hydrogen-bond acceptors (Lipinski definition) is 1. The summed E-state index contributed by atoms with van der Waals surface area (Å²) in [6.45, 7) is 8.94. The van der Waals surface area contributed by atoms with E-state index in [1.54, 1.807) is 0 Å². The normalized spacial score (nSPS) is 11.3. The van der Waals surface area contributed by atoms with Gasteiger partial charge in [-0.1, -0.05) is 50.2 Å². The van der Waals surface area contributed by atoms with Gasteiger partial charge in [-0.2, -0.15) is 0 Å². The van der Waals surface area contributed by atoms with Crippen molar-refractivity contribution in [2.75, 3.05) is 0 Å². The lowest BCUT2D eigenvalue weighted by molar-refractivity contribution is 0.587. The van der Waals surface area contributed by atoms with Crippen molar-refractivity contribution in [1.29, 1.82) is 0 Å². The first-order valence-electron chi connectivity index (χ1n) is 8.51. The Hall–Kier alpha value is -2.15. The summed E-state index contributed by atoms with van der Waals surface area (Å²) in [5, 5.41) is 1.24. The Morgan fingerprint density at radius 3 is 2.52 bits per heavy atom. The highest BCUT2D eigenvalue weighted by molar-refractivity contribution is 5.84. The molecule has 1 heteroatoms. The Kier molecular flexibility index (Phi) is 4.47. The summed E-state index contributed by atoms with van der Waals surface area (Å²) in [6.07, 6.45) is 2.27. The van der Waals surface area contributed by atoms with Crippen molar-refractivity contribution in [1.82, 2.24) is 4.98 Å². The predicted molar refractivity (Wildman–Crippen MR) is 99.8 cm³/mol. The summed E-state index contributed by atoms with van der Waals surface area (Å²) in [5.41, 5.74) is 7.54.